The van der Waals surface area contributed by atoms with E-state index in [0.29, 0.717) is 43.1 Å². The molecular formula is C23H24N6O3. The number of hydrogen-bond acceptors (Lipinski definition) is 5. The van der Waals surface area contributed by atoms with Crippen LogP contribution in [0.2, 0.25) is 0 Å². The zero-order chi connectivity index (χ0) is 22.2. The van der Waals surface area contributed by atoms with Gasteiger partial charge in [0, 0.05) is 25.2 Å². The molecule has 9 nitrogen and oxygen atoms in total. The molecule has 2 aromatic carbocycles. The van der Waals surface area contributed by atoms with Crippen molar-refractivity contribution in [3.63, 3.8) is 0 Å². The molecule has 0 radical (unpaired) electrons. The number of H-pyrrole nitrogens is 1. The number of carbonyl (C=O) groups excluding carboxylic acids is 1. The van der Waals surface area contributed by atoms with Gasteiger partial charge in [-0.25, -0.2) is 9.48 Å². The van der Waals surface area contributed by atoms with Crippen LogP contribution in [-0.2, 0) is 0 Å². The number of nitrogens with zero attached hydrogens (tertiary/aromatic N) is 5. The smallest absolute Gasteiger partial charge is 0.326 e. The zero-order valence-corrected chi connectivity index (χ0v) is 18.0. The fraction of sp³-hybridized carbons (Fsp3) is 0.304. The van der Waals surface area contributed by atoms with Crippen LogP contribution in [0.25, 0.3) is 16.7 Å². The first-order valence-electron chi connectivity index (χ1n) is 10.6. The Labute approximate surface area is 184 Å². The quantitative estimate of drug-likeness (QED) is 0.535. The number of carbonyl (C=O) groups is 1. The minimum absolute atomic E-state index is 0.0521. The number of benzene rings is 2. The van der Waals surface area contributed by atoms with E-state index in [0.717, 1.165) is 16.7 Å². The molecule has 0 aliphatic carbocycles. The molecule has 1 saturated heterocycles. The Kier molecular flexibility index (Phi) is 5.01. The second kappa shape index (κ2) is 7.99. The van der Waals surface area contributed by atoms with E-state index < -0.39 is 0 Å². The molecule has 1 amide bonds. The third-order valence-electron chi connectivity index (χ3n) is 6.14. The van der Waals surface area contributed by atoms with Crippen molar-refractivity contribution in [3.8, 4) is 11.4 Å². The lowest BCUT2D eigenvalue weighted by Crippen LogP contribution is -2.40. The van der Waals surface area contributed by atoms with E-state index in [1.807, 2.05) is 60.0 Å². The first-order valence-corrected chi connectivity index (χ1v) is 10.6. The normalized spacial score (nSPS) is 14.8. The summed E-state index contributed by atoms with van der Waals surface area (Å²) >= 11 is 0. The highest BCUT2D eigenvalue weighted by Gasteiger charge is 2.29. The lowest BCUT2D eigenvalue weighted by molar-refractivity contribution is 0.0688. The third-order valence-corrected chi connectivity index (χ3v) is 6.14. The molecule has 1 aliphatic heterocycles. The van der Waals surface area contributed by atoms with Crippen molar-refractivity contribution in [2.24, 2.45) is 0 Å². The summed E-state index contributed by atoms with van der Waals surface area (Å²) in [5.74, 6) is 0.571. The summed E-state index contributed by atoms with van der Waals surface area (Å²) in [5.41, 5.74) is 3.44. The predicted molar refractivity (Wildman–Crippen MR) is 119 cm³/mol. The molecule has 3 heterocycles. The highest BCUT2D eigenvalue weighted by molar-refractivity contribution is 5.93. The number of piperidine rings is 1. The second-order valence-corrected chi connectivity index (χ2v) is 7.98. The van der Waals surface area contributed by atoms with Gasteiger partial charge in [-0.15, -0.1) is 5.10 Å². The van der Waals surface area contributed by atoms with E-state index in [-0.39, 0.29) is 17.6 Å². The number of fused-ring (bicyclic) bond motifs is 1. The molecule has 0 bridgehead atoms. The van der Waals surface area contributed by atoms with Crippen molar-refractivity contribution in [3.05, 3.63) is 70.4 Å². The standard InChI is InChI=1S/C23H24N6O3/c1-15-21(25-26-29(15)17-6-5-7-18(14-17)32-2)22(30)27-12-10-16(11-13-27)28-20-9-4-3-8-19(20)24-23(28)31/h3-9,14,16H,10-13H2,1-2H3,(H,24,31). The minimum atomic E-state index is -0.138. The summed E-state index contributed by atoms with van der Waals surface area (Å²) in [6.07, 6.45) is 1.41. The van der Waals surface area contributed by atoms with Gasteiger partial charge in [-0.05, 0) is 44.0 Å². The number of amides is 1. The monoisotopic (exact) mass is 432 g/mol. The van der Waals surface area contributed by atoms with Gasteiger partial charge >= 0.3 is 5.69 Å². The average molecular weight is 432 g/mol. The molecule has 32 heavy (non-hydrogen) atoms. The Morgan fingerprint density at radius 3 is 2.69 bits per heavy atom. The van der Waals surface area contributed by atoms with Crippen molar-refractivity contribution in [2.75, 3.05) is 20.2 Å². The van der Waals surface area contributed by atoms with E-state index in [1.54, 1.807) is 16.7 Å². The number of likely N-dealkylation sites (tertiary alicyclic amines) is 1. The molecule has 0 atom stereocenters. The number of aromatic amines is 1. The van der Waals surface area contributed by atoms with E-state index in [2.05, 4.69) is 15.3 Å². The molecule has 0 unspecified atom stereocenters. The van der Waals surface area contributed by atoms with Gasteiger partial charge in [0.2, 0.25) is 0 Å². The number of para-hydroxylation sites is 2. The fourth-order valence-corrected chi connectivity index (χ4v) is 4.43. The van der Waals surface area contributed by atoms with Gasteiger partial charge in [-0.2, -0.15) is 0 Å². The molecule has 5 rings (SSSR count). The molecule has 2 aromatic heterocycles. The SMILES string of the molecule is COc1cccc(-n2nnc(C(=O)N3CCC(n4c(=O)[nH]c5ccccc54)CC3)c2C)c1. The molecule has 1 fully saturated rings. The van der Waals surface area contributed by atoms with Crippen LogP contribution in [0.15, 0.2) is 53.3 Å². The van der Waals surface area contributed by atoms with Crippen molar-refractivity contribution in [1.29, 1.82) is 0 Å². The molecule has 9 heteroatoms. The number of imidazole rings is 1. The molecule has 164 valence electrons. The van der Waals surface area contributed by atoms with Crippen molar-refractivity contribution < 1.29 is 9.53 Å². The first-order chi connectivity index (χ1) is 15.6. The fourth-order valence-electron chi connectivity index (χ4n) is 4.43. The van der Waals surface area contributed by atoms with Gasteiger partial charge in [-0.1, -0.05) is 23.4 Å². The molecule has 0 spiro atoms. The average Bonchev–Trinajstić information content (AvgIpc) is 3.37. The maximum Gasteiger partial charge on any atom is 0.326 e. The number of ether oxygens (including phenoxy) is 1. The van der Waals surface area contributed by atoms with Crippen molar-refractivity contribution >= 4 is 16.9 Å². The Morgan fingerprint density at radius 1 is 1.12 bits per heavy atom. The van der Waals surface area contributed by atoms with Crippen LogP contribution >= 0.6 is 0 Å². The summed E-state index contributed by atoms with van der Waals surface area (Å²) in [5, 5.41) is 8.36. The number of rotatable bonds is 4. The largest absolute Gasteiger partial charge is 0.497 e. The number of methoxy groups -OCH3 is 1. The Balaban J connectivity index is 1.33. The van der Waals surface area contributed by atoms with E-state index >= 15 is 0 Å². The molecule has 4 aromatic rings. The minimum Gasteiger partial charge on any atom is -0.497 e. The van der Waals surface area contributed by atoms with Gasteiger partial charge in [0.25, 0.3) is 5.91 Å². The summed E-state index contributed by atoms with van der Waals surface area (Å²) in [6, 6.07) is 15.2. The van der Waals surface area contributed by atoms with Crippen molar-refractivity contribution in [2.45, 2.75) is 25.8 Å². The van der Waals surface area contributed by atoms with Crippen LogP contribution in [0.5, 0.6) is 5.75 Å². The first kappa shape index (κ1) is 20.0. The number of hydrogen-bond donors (Lipinski definition) is 1. The van der Waals surface area contributed by atoms with Crippen LogP contribution in [0.1, 0.15) is 35.1 Å². The zero-order valence-electron chi connectivity index (χ0n) is 18.0. The van der Waals surface area contributed by atoms with Gasteiger partial charge < -0.3 is 14.6 Å². The molecule has 1 N–H and O–H groups in total. The lowest BCUT2D eigenvalue weighted by Gasteiger charge is -2.32. The summed E-state index contributed by atoms with van der Waals surface area (Å²) in [7, 11) is 1.61. The van der Waals surface area contributed by atoms with Crippen molar-refractivity contribution in [1.82, 2.24) is 29.4 Å². The number of nitrogens with one attached hydrogen (secondary N) is 1. The maximum absolute atomic E-state index is 13.2. The summed E-state index contributed by atoms with van der Waals surface area (Å²) in [4.78, 5) is 30.4. The lowest BCUT2D eigenvalue weighted by atomic mass is 10.0. The molecule has 0 saturated carbocycles. The summed E-state index contributed by atoms with van der Waals surface area (Å²) < 4.78 is 8.75. The third kappa shape index (κ3) is 3.35. The van der Waals surface area contributed by atoms with E-state index in [4.69, 9.17) is 4.74 Å². The highest BCUT2D eigenvalue weighted by Crippen LogP contribution is 2.26. The predicted octanol–water partition coefficient (Wildman–Crippen LogP) is 2.70. The van der Waals surface area contributed by atoms with Crippen LogP contribution in [0.3, 0.4) is 0 Å². The van der Waals surface area contributed by atoms with Gasteiger partial charge in [0.05, 0.1) is 29.5 Å². The maximum atomic E-state index is 13.2. The Bertz CT molecular complexity index is 1340. The topological polar surface area (TPSA) is 98.0 Å². The van der Waals surface area contributed by atoms with Crippen LogP contribution in [0, 0.1) is 6.92 Å². The number of aromatic nitrogens is 5. The van der Waals surface area contributed by atoms with Crippen LogP contribution < -0.4 is 10.4 Å². The van der Waals surface area contributed by atoms with E-state index in [9.17, 15) is 9.59 Å². The Hall–Kier alpha value is -3.88. The highest BCUT2D eigenvalue weighted by atomic mass is 16.5. The summed E-state index contributed by atoms with van der Waals surface area (Å²) in [6.45, 7) is 2.95. The second-order valence-electron chi connectivity index (χ2n) is 7.98. The van der Waals surface area contributed by atoms with Gasteiger partial charge in [0.1, 0.15) is 5.75 Å². The van der Waals surface area contributed by atoms with Crippen LogP contribution in [0.4, 0.5) is 0 Å². The Morgan fingerprint density at radius 2 is 1.91 bits per heavy atom. The van der Waals surface area contributed by atoms with E-state index in [1.165, 1.54) is 0 Å². The molecular weight excluding hydrogens is 408 g/mol. The van der Waals surface area contributed by atoms with Crippen LogP contribution in [-0.4, -0.2) is 55.6 Å². The van der Waals surface area contributed by atoms with Gasteiger partial charge in [0.15, 0.2) is 5.69 Å². The molecule has 1 aliphatic rings. The van der Waals surface area contributed by atoms with Gasteiger partial charge in [-0.3, -0.25) is 9.36 Å².